The van der Waals surface area contributed by atoms with Gasteiger partial charge < -0.3 is 9.67 Å². The van der Waals surface area contributed by atoms with Crippen molar-refractivity contribution in [3.8, 4) is 5.69 Å². The van der Waals surface area contributed by atoms with Gasteiger partial charge in [0.1, 0.15) is 0 Å². The van der Waals surface area contributed by atoms with E-state index < -0.39 is 21.7 Å². The Bertz CT molecular complexity index is 678. The van der Waals surface area contributed by atoms with Crippen molar-refractivity contribution in [2.75, 3.05) is 10.5 Å². The molecule has 0 amide bonds. The van der Waals surface area contributed by atoms with Gasteiger partial charge in [-0.15, -0.1) is 0 Å². The van der Waals surface area contributed by atoms with Crippen molar-refractivity contribution in [1.29, 1.82) is 0 Å². The van der Waals surface area contributed by atoms with Gasteiger partial charge in [-0.3, -0.25) is 9.52 Å². The Hall–Kier alpha value is -2.28. The molecule has 0 aliphatic heterocycles. The van der Waals surface area contributed by atoms with E-state index in [-0.39, 0.29) is 0 Å². The van der Waals surface area contributed by atoms with Crippen LogP contribution in [0.3, 0.4) is 0 Å². The minimum absolute atomic E-state index is 0.326. The molecule has 0 spiro atoms. The van der Waals surface area contributed by atoms with Gasteiger partial charge in [0.25, 0.3) is 0 Å². The maximum absolute atomic E-state index is 11.5. The minimum atomic E-state index is -3.88. The van der Waals surface area contributed by atoms with Crippen LogP contribution in [-0.4, -0.2) is 29.8 Å². The quantitative estimate of drug-likeness (QED) is 0.864. The van der Waals surface area contributed by atoms with Gasteiger partial charge in [0.2, 0.25) is 10.0 Å². The third kappa shape index (κ3) is 3.59. The van der Waals surface area contributed by atoms with Crippen molar-refractivity contribution in [1.82, 2.24) is 4.57 Å². The van der Waals surface area contributed by atoms with Gasteiger partial charge in [0, 0.05) is 18.1 Å². The molecule has 2 N–H and O–H groups in total. The summed E-state index contributed by atoms with van der Waals surface area (Å²) in [5, 5.41) is 8.51. The molecule has 19 heavy (non-hydrogen) atoms. The monoisotopic (exact) mass is 280 g/mol. The Morgan fingerprint density at radius 3 is 2.53 bits per heavy atom. The van der Waals surface area contributed by atoms with Crippen molar-refractivity contribution >= 4 is 21.7 Å². The second-order valence-electron chi connectivity index (χ2n) is 3.90. The minimum Gasteiger partial charge on any atom is -0.480 e. The van der Waals surface area contributed by atoms with Gasteiger partial charge in [0.15, 0.2) is 5.75 Å². The molecular formula is C12H12N2O4S. The molecule has 6 nitrogen and oxygen atoms in total. The van der Waals surface area contributed by atoms with Gasteiger partial charge in [-0.1, -0.05) is 6.07 Å². The fourth-order valence-corrected chi connectivity index (χ4v) is 2.50. The number of hydrogen-bond acceptors (Lipinski definition) is 3. The van der Waals surface area contributed by atoms with Crippen molar-refractivity contribution < 1.29 is 18.3 Å². The van der Waals surface area contributed by atoms with Gasteiger partial charge in [-0.2, -0.15) is 0 Å². The third-order valence-corrected chi connectivity index (χ3v) is 3.51. The van der Waals surface area contributed by atoms with E-state index in [2.05, 4.69) is 4.72 Å². The molecule has 0 radical (unpaired) electrons. The molecule has 0 saturated heterocycles. The van der Waals surface area contributed by atoms with Crippen LogP contribution < -0.4 is 4.72 Å². The molecule has 0 bridgehead atoms. The molecule has 1 aromatic heterocycles. The summed E-state index contributed by atoms with van der Waals surface area (Å²) in [6.45, 7) is 0. The summed E-state index contributed by atoms with van der Waals surface area (Å²) in [5.74, 6) is -2.35. The fraction of sp³-hybridized carbons (Fsp3) is 0.0833. The predicted molar refractivity (Wildman–Crippen MR) is 70.8 cm³/mol. The lowest BCUT2D eigenvalue weighted by atomic mass is 10.3. The molecule has 0 saturated carbocycles. The zero-order chi connectivity index (χ0) is 13.9. The molecule has 7 heteroatoms. The number of carboxylic acid groups (broad SMARTS) is 1. The SMILES string of the molecule is O=C(O)CS(=O)(=O)Nc1cccc(-n2cccc2)c1. The number of nitrogens with zero attached hydrogens (tertiary/aromatic N) is 1. The Morgan fingerprint density at radius 2 is 1.89 bits per heavy atom. The first-order chi connectivity index (χ1) is 8.96. The first-order valence-corrected chi connectivity index (χ1v) is 7.07. The summed E-state index contributed by atoms with van der Waals surface area (Å²) in [6.07, 6.45) is 3.65. The van der Waals surface area contributed by atoms with Crippen LogP contribution in [-0.2, 0) is 14.8 Å². The standard InChI is InChI=1S/C12H12N2O4S/c15-12(16)9-19(17,18)13-10-4-3-5-11(8-10)14-6-1-2-7-14/h1-8,13H,9H2,(H,15,16). The van der Waals surface area contributed by atoms with E-state index in [1.807, 2.05) is 35.2 Å². The summed E-state index contributed by atoms with van der Waals surface area (Å²) in [5.41, 5.74) is 1.10. The summed E-state index contributed by atoms with van der Waals surface area (Å²) < 4.78 is 27.1. The molecule has 2 aromatic rings. The summed E-state index contributed by atoms with van der Waals surface area (Å²) in [4.78, 5) is 10.4. The highest BCUT2D eigenvalue weighted by Crippen LogP contribution is 2.16. The zero-order valence-corrected chi connectivity index (χ0v) is 10.7. The second-order valence-corrected chi connectivity index (χ2v) is 5.62. The van der Waals surface area contributed by atoms with Crippen LogP contribution in [0.25, 0.3) is 5.69 Å². The Labute approximate surface area is 110 Å². The number of aromatic nitrogens is 1. The van der Waals surface area contributed by atoms with E-state index in [1.54, 1.807) is 18.2 Å². The number of nitrogens with one attached hydrogen (secondary N) is 1. The summed E-state index contributed by atoms with van der Waals surface area (Å²) in [7, 11) is -3.88. The second kappa shape index (κ2) is 5.15. The van der Waals surface area contributed by atoms with Crippen molar-refractivity contribution in [3.63, 3.8) is 0 Å². The molecule has 0 unspecified atom stereocenters. The molecular weight excluding hydrogens is 268 g/mol. The molecule has 1 aromatic carbocycles. The number of hydrogen-bond donors (Lipinski definition) is 2. The van der Waals surface area contributed by atoms with Crippen LogP contribution >= 0.6 is 0 Å². The topological polar surface area (TPSA) is 88.4 Å². The zero-order valence-electron chi connectivity index (χ0n) is 9.85. The normalized spacial score (nSPS) is 11.2. The van der Waals surface area contributed by atoms with Gasteiger partial charge in [-0.05, 0) is 30.3 Å². The molecule has 0 aliphatic carbocycles. The van der Waals surface area contributed by atoms with E-state index in [0.717, 1.165) is 5.69 Å². The van der Waals surface area contributed by atoms with Crippen molar-refractivity contribution in [2.45, 2.75) is 0 Å². The van der Waals surface area contributed by atoms with E-state index in [0.29, 0.717) is 5.69 Å². The van der Waals surface area contributed by atoms with Crippen molar-refractivity contribution in [3.05, 3.63) is 48.8 Å². The summed E-state index contributed by atoms with van der Waals surface area (Å²) >= 11 is 0. The van der Waals surface area contributed by atoms with E-state index in [4.69, 9.17) is 5.11 Å². The lowest BCUT2D eigenvalue weighted by Gasteiger charge is -2.08. The van der Waals surface area contributed by atoms with Gasteiger partial charge >= 0.3 is 5.97 Å². The Kier molecular flexibility index (Phi) is 3.57. The third-order valence-electron chi connectivity index (χ3n) is 2.34. The first-order valence-electron chi connectivity index (χ1n) is 5.42. The number of carboxylic acids is 1. The Balaban J connectivity index is 2.23. The van der Waals surface area contributed by atoms with E-state index >= 15 is 0 Å². The number of benzene rings is 1. The van der Waals surface area contributed by atoms with Crippen LogP contribution in [0.4, 0.5) is 5.69 Å². The highest BCUT2D eigenvalue weighted by Gasteiger charge is 2.15. The lowest BCUT2D eigenvalue weighted by Crippen LogP contribution is -2.22. The smallest absolute Gasteiger partial charge is 0.320 e. The highest BCUT2D eigenvalue weighted by atomic mass is 32.2. The van der Waals surface area contributed by atoms with Crippen molar-refractivity contribution in [2.24, 2.45) is 0 Å². The molecule has 100 valence electrons. The molecule has 0 atom stereocenters. The molecule has 2 rings (SSSR count). The fourth-order valence-electron chi connectivity index (χ4n) is 1.61. The average molecular weight is 280 g/mol. The number of aliphatic carboxylic acids is 1. The lowest BCUT2D eigenvalue weighted by molar-refractivity contribution is -0.134. The van der Waals surface area contributed by atoms with Crippen LogP contribution in [0.2, 0.25) is 0 Å². The van der Waals surface area contributed by atoms with Gasteiger partial charge in [-0.25, -0.2) is 8.42 Å². The number of carbonyl (C=O) groups is 1. The largest absolute Gasteiger partial charge is 0.480 e. The van der Waals surface area contributed by atoms with E-state index in [1.165, 1.54) is 0 Å². The molecule has 1 heterocycles. The molecule has 0 aliphatic rings. The number of sulfonamides is 1. The Morgan fingerprint density at radius 1 is 1.21 bits per heavy atom. The van der Waals surface area contributed by atoms with E-state index in [9.17, 15) is 13.2 Å². The number of rotatable bonds is 5. The van der Waals surface area contributed by atoms with Crippen LogP contribution in [0, 0.1) is 0 Å². The molecule has 0 fully saturated rings. The predicted octanol–water partition coefficient (Wildman–Crippen LogP) is 1.30. The summed E-state index contributed by atoms with van der Waals surface area (Å²) in [6, 6.07) is 10.4. The van der Waals surface area contributed by atoms with Crippen LogP contribution in [0.15, 0.2) is 48.8 Å². The average Bonchev–Trinajstić information content (AvgIpc) is 2.79. The number of anilines is 1. The highest BCUT2D eigenvalue weighted by molar-refractivity contribution is 7.93. The van der Waals surface area contributed by atoms with Crippen LogP contribution in [0.1, 0.15) is 0 Å². The maximum Gasteiger partial charge on any atom is 0.320 e. The first kappa shape index (κ1) is 13.2. The maximum atomic E-state index is 11.5. The van der Waals surface area contributed by atoms with Crippen LogP contribution in [0.5, 0.6) is 0 Å². The van der Waals surface area contributed by atoms with Gasteiger partial charge in [0.05, 0.1) is 5.69 Å².